The number of nitrogens with one attached hydrogen (secondary N) is 2. The summed E-state index contributed by atoms with van der Waals surface area (Å²) in [6.45, 7) is 2.07. The highest BCUT2D eigenvalue weighted by molar-refractivity contribution is 5.55. The van der Waals surface area contributed by atoms with Crippen LogP contribution in [0, 0.1) is 0 Å². The second-order valence-corrected chi connectivity index (χ2v) is 2.96. The second kappa shape index (κ2) is 3.49. The van der Waals surface area contributed by atoms with E-state index in [0.717, 1.165) is 24.1 Å². The second-order valence-electron chi connectivity index (χ2n) is 2.96. The van der Waals surface area contributed by atoms with Crippen LogP contribution in [0.3, 0.4) is 0 Å². The predicted octanol–water partition coefficient (Wildman–Crippen LogP) is 0.705. The molecule has 2 aromatic rings. The van der Waals surface area contributed by atoms with E-state index in [-0.39, 0.29) is 0 Å². The van der Waals surface area contributed by atoms with Gasteiger partial charge in [-0.2, -0.15) is 5.10 Å². The molecule has 0 spiro atoms. The molecule has 0 bridgehead atoms. The maximum atomic E-state index is 10.7. The summed E-state index contributed by atoms with van der Waals surface area (Å²) >= 11 is 0. The first-order chi connectivity index (χ1) is 6.81. The molecule has 14 heavy (non-hydrogen) atoms. The van der Waals surface area contributed by atoms with Crippen LogP contribution >= 0.6 is 0 Å². The first-order valence-electron chi connectivity index (χ1n) is 4.40. The average Bonchev–Trinajstić information content (AvgIpc) is 2.74. The fraction of sp³-hybridized carbons (Fsp3) is 0.375. The molecule has 2 N–H and O–H groups in total. The van der Waals surface area contributed by atoms with E-state index in [9.17, 15) is 4.79 Å². The Bertz CT molecular complexity index is 467. The minimum Gasteiger partial charge on any atom is -0.296 e. The molecule has 2 heterocycles. The van der Waals surface area contributed by atoms with Crippen LogP contribution in [0.1, 0.15) is 19.0 Å². The van der Waals surface area contributed by atoms with Gasteiger partial charge in [-0.3, -0.25) is 14.6 Å². The van der Waals surface area contributed by atoms with Crippen molar-refractivity contribution < 1.29 is 4.52 Å². The Morgan fingerprint density at radius 3 is 3.07 bits per heavy atom. The lowest BCUT2D eigenvalue weighted by molar-refractivity contribution is 0.388. The van der Waals surface area contributed by atoms with E-state index in [1.54, 1.807) is 6.20 Å². The summed E-state index contributed by atoms with van der Waals surface area (Å²) in [7, 11) is 0. The summed E-state index contributed by atoms with van der Waals surface area (Å²) in [4.78, 5) is 13.2. The minimum atomic E-state index is -0.552. The topological polar surface area (TPSA) is 87.6 Å². The first-order valence-corrected chi connectivity index (χ1v) is 4.40. The van der Waals surface area contributed by atoms with Gasteiger partial charge in [-0.05, 0) is 6.42 Å². The molecule has 0 saturated heterocycles. The van der Waals surface area contributed by atoms with Crippen molar-refractivity contribution in [1.82, 2.24) is 20.3 Å². The van der Waals surface area contributed by atoms with Gasteiger partial charge in [0.15, 0.2) is 5.82 Å². The van der Waals surface area contributed by atoms with Gasteiger partial charge in [0.05, 0.1) is 11.8 Å². The van der Waals surface area contributed by atoms with Gasteiger partial charge in [-0.15, -0.1) is 0 Å². The van der Waals surface area contributed by atoms with Crippen molar-refractivity contribution in [3.05, 3.63) is 22.4 Å². The van der Waals surface area contributed by atoms with Crippen molar-refractivity contribution in [2.45, 2.75) is 19.8 Å². The van der Waals surface area contributed by atoms with Crippen molar-refractivity contribution >= 4 is 0 Å². The van der Waals surface area contributed by atoms with Crippen molar-refractivity contribution in [2.24, 2.45) is 0 Å². The summed E-state index contributed by atoms with van der Waals surface area (Å²) in [5.74, 6) is -0.129. The molecule has 0 fully saturated rings. The van der Waals surface area contributed by atoms with Crippen molar-refractivity contribution in [3.63, 3.8) is 0 Å². The Morgan fingerprint density at radius 2 is 2.43 bits per heavy atom. The fourth-order valence-electron chi connectivity index (χ4n) is 1.30. The molecule has 0 radical (unpaired) electrons. The quantitative estimate of drug-likeness (QED) is 0.753. The third-order valence-electron chi connectivity index (χ3n) is 1.91. The zero-order valence-electron chi connectivity index (χ0n) is 7.70. The van der Waals surface area contributed by atoms with Gasteiger partial charge in [-0.25, -0.2) is 4.79 Å². The normalized spacial score (nSPS) is 10.6. The SMILES string of the molecule is CCCc1[nH]ncc1-c1noc(=O)[nH]1. The molecule has 0 unspecified atom stereocenters. The number of aryl methyl sites for hydroxylation is 1. The third-order valence-corrected chi connectivity index (χ3v) is 1.91. The van der Waals surface area contributed by atoms with E-state index in [4.69, 9.17) is 0 Å². The molecular weight excluding hydrogens is 184 g/mol. The lowest BCUT2D eigenvalue weighted by Gasteiger charge is -1.95. The Balaban J connectivity index is 2.40. The molecule has 0 aliphatic rings. The van der Waals surface area contributed by atoms with Crippen LogP contribution in [0.15, 0.2) is 15.5 Å². The number of aromatic nitrogens is 4. The van der Waals surface area contributed by atoms with E-state index in [2.05, 4.69) is 31.8 Å². The Morgan fingerprint density at radius 1 is 1.57 bits per heavy atom. The molecule has 0 saturated carbocycles. The van der Waals surface area contributed by atoms with Crippen molar-refractivity contribution in [1.29, 1.82) is 0 Å². The molecule has 74 valence electrons. The molecule has 2 rings (SSSR count). The fourth-order valence-corrected chi connectivity index (χ4v) is 1.30. The number of hydrogen-bond acceptors (Lipinski definition) is 4. The van der Waals surface area contributed by atoms with Gasteiger partial charge < -0.3 is 0 Å². The number of nitrogens with zero attached hydrogens (tertiary/aromatic N) is 2. The van der Waals surface area contributed by atoms with E-state index >= 15 is 0 Å². The summed E-state index contributed by atoms with van der Waals surface area (Å²) in [6.07, 6.45) is 3.49. The van der Waals surface area contributed by atoms with Crippen LogP contribution in [-0.2, 0) is 6.42 Å². The number of hydrogen-bond donors (Lipinski definition) is 2. The Labute approximate surface area is 79.3 Å². The van der Waals surface area contributed by atoms with Gasteiger partial charge in [0, 0.05) is 5.69 Å². The standard InChI is InChI=1S/C8H10N4O2/c1-2-3-6-5(4-9-11-6)7-10-8(13)14-12-7/h4H,2-3H2,1H3,(H,9,11)(H,10,12,13). The highest BCUT2D eigenvalue weighted by Gasteiger charge is 2.10. The number of aromatic amines is 2. The molecule has 0 amide bonds. The Kier molecular flexibility index (Phi) is 2.18. The first kappa shape index (κ1) is 8.74. The van der Waals surface area contributed by atoms with Crippen LogP contribution < -0.4 is 5.76 Å². The molecule has 0 atom stereocenters. The van der Waals surface area contributed by atoms with E-state index < -0.39 is 5.76 Å². The molecule has 6 heteroatoms. The molecule has 6 nitrogen and oxygen atoms in total. The van der Waals surface area contributed by atoms with Crippen molar-refractivity contribution in [3.8, 4) is 11.4 Å². The van der Waals surface area contributed by atoms with E-state index in [1.165, 1.54) is 0 Å². The molecule has 0 aromatic carbocycles. The summed E-state index contributed by atoms with van der Waals surface area (Å²) < 4.78 is 4.42. The smallest absolute Gasteiger partial charge is 0.296 e. The highest BCUT2D eigenvalue weighted by Crippen LogP contribution is 2.17. The van der Waals surface area contributed by atoms with Gasteiger partial charge in [0.2, 0.25) is 0 Å². The van der Waals surface area contributed by atoms with Gasteiger partial charge >= 0.3 is 5.76 Å². The third kappa shape index (κ3) is 1.46. The van der Waals surface area contributed by atoms with Crippen molar-refractivity contribution in [2.75, 3.05) is 0 Å². The van der Waals surface area contributed by atoms with Crippen LogP contribution in [0.5, 0.6) is 0 Å². The monoisotopic (exact) mass is 194 g/mol. The van der Waals surface area contributed by atoms with Crippen LogP contribution in [-0.4, -0.2) is 20.3 Å². The molecule has 2 aromatic heterocycles. The lowest BCUT2D eigenvalue weighted by atomic mass is 10.1. The van der Waals surface area contributed by atoms with Gasteiger partial charge in [-0.1, -0.05) is 18.5 Å². The summed E-state index contributed by atoms with van der Waals surface area (Å²) in [5, 5.41) is 10.4. The zero-order chi connectivity index (χ0) is 9.97. The Hall–Kier alpha value is -1.85. The maximum Gasteiger partial charge on any atom is 0.439 e. The maximum absolute atomic E-state index is 10.7. The molecule has 0 aliphatic heterocycles. The molecule has 0 aliphatic carbocycles. The minimum absolute atomic E-state index is 0.423. The number of rotatable bonds is 3. The summed E-state index contributed by atoms with van der Waals surface area (Å²) in [6, 6.07) is 0. The predicted molar refractivity (Wildman–Crippen MR) is 48.7 cm³/mol. The van der Waals surface area contributed by atoms with Crippen LogP contribution in [0.4, 0.5) is 0 Å². The molecular formula is C8H10N4O2. The summed E-state index contributed by atoms with van der Waals surface area (Å²) in [5.41, 5.74) is 1.75. The highest BCUT2D eigenvalue weighted by atomic mass is 16.5. The van der Waals surface area contributed by atoms with Gasteiger partial charge in [0.1, 0.15) is 0 Å². The number of H-pyrrole nitrogens is 2. The van der Waals surface area contributed by atoms with E-state index in [0.29, 0.717) is 5.82 Å². The van der Waals surface area contributed by atoms with E-state index in [1.807, 2.05) is 0 Å². The average molecular weight is 194 g/mol. The zero-order valence-corrected chi connectivity index (χ0v) is 7.70. The largest absolute Gasteiger partial charge is 0.439 e. The lowest BCUT2D eigenvalue weighted by Crippen LogP contribution is -1.95. The van der Waals surface area contributed by atoms with Gasteiger partial charge in [0.25, 0.3) is 0 Å². The van der Waals surface area contributed by atoms with Crippen LogP contribution in [0.25, 0.3) is 11.4 Å². The van der Waals surface area contributed by atoms with Crippen LogP contribution in [0.2, 0.25) is 0 Å².